The van der Waals surface area contributed by atoms with Crippen LogP contribution in [0, 0.1) is 0 Å². The Morgan fingerprint density at radius 1 is 0.929 bits per heavy atom. The Morgan fingerprint density at radius 3 is 2.18 bits per heavy atom. The van der Waals surface area contributed by atoms with Gasteiger partial charge in [-0.15, -0.1) is 0 Å². The van der Waals surface area contributed by atoms with Crippen LogP contribution in [0.25, 0.3) is 0 Å². The van der Waals surface area contributed by atoms with Crippen molar-refractivity contribution in [2.24, 2.45) is 0 Å². The van der Waals surface area contributed by atoms with Crippen LogP contribution >= 0.6 is 0 Å². The van der Waals surface area contributed by atoms with E-state index in [1.54, 1.807) is 80.5 Å². The van der Waals surface area contributed by atoms with Crippen molar-refractivity contribution < 1.29 is 23.8 Å². The molecule has 7 nitrogen and oxygen atoms in total. The van der Waals surface area contributed by atoms with Crippen LogP contribution in [0.4, 0.5) is 5.69 Å². The van der Waals surface area contributed by atoms with Crippen molar-refractivity contribution in [2.45, 2.75) is 13.0 Å². The van der Waals surface area contributed by atoms with Gasteiger partial charge in [-0.3, -0.25) is 9.59 Å². The normalized spacial score (nSPS) is 16.7. The summed E-state index contributed by atoms with van der Waals surface area (Å²) >= 11 is 0. The average Bonchev–Trinajstić information content (AvgIpc) is 2.74. The Bertz CT molecular complexity index is 861. The molecule has 0 aromatic heterocycles. The molecule has 1 saturated heterocycles. The van der Waals surface area contributed by atoms with Crippen molar-refractivity contribution in [2.75, 3.05) is 39.3 Å². The number of nitrogens with zero attached hydrogens (tertiary/aromatic N) is 2. The molecule has 3 rings (SSSR count). The van der Waals surface area contributed by atoms with Crippen LogP contribution < -0.4 is 19.1 Å². The SMILES string of the molecule is COc1cccc(C(=O)N2CCN(c3cc(OC)cc(OC)c3)C(=O)C2C)c1. The molecule has 7 heteroatoms. The summed E-state index contributed by atoms with van der Waals surface area (Å²) in [4.78, 5) is 29.2. The molecule has 28 heavy (non-hydrogen) atoms. The second-order valence-electron chi connectivity index (χ2n) is 6.47. The predicted molar refractivity (Wildman–Crippen MR) is 105 cm³/mol. The molecule has 2 amide bonds. The minimum Gasteiger partial charge on any atom is -0.497 e. The quantitative estimate of drug-likeness (QED) is 0.793. The van der Waals surface area contributed by atoms with Crippen LogP contribution in [0.1, 0.15) is 17.3 Å². The summed E-state index contributed by atoms with van der Waals surface area (Å²) in [7, 11) is 4.68. The minimum absolute atomic E-state index is 0.155. The van der Waals surface area contributed by atoms with Gasteiger partial charge in [0.05, 0.1) is 27.0 Å². The third-order valence-corrected chi connectivity index (χ3v) is 4.88. The molecule has 2 aromatic rings. The van der Waals surface area contributed by atoms with E-state index in [1.807, 2.05) is 0 Å². The van der Waals surface area contributed by atoms with Crippen LogP contribution in [0.15, 0.2) is 42.5 Å². The summed E-state index contributed by atoms with van der Waals surface area (Å²) in [5.41, 5.74) is 1.18. The lowest BCUT2D eigenvalue weighted by Gasteiger charge is -2.39. The van der Waals surface area contributed by atoms with Crippen molar-refractivity contribution in [3.8, 4) is 17.2 Å². The molecule has 1 unspecified atom stereocenters. The first-order valence-corrected chi connectivity index (χ1v) is 8.98. The van der Waals surface area contributed by atoms with E-state index in [9.17, 15) is 9.59 Å². The number of anilines is 1. The number of hydrogen-bond acceptors (Lipinski definition) is 5. The Morgan fingerprint density at radius 2 is 1.57 bits per heavy atom. The van der Waals surface area contributed by atoms with Gasteiger partial charge >= 0.3 is 0 Å². The molecule has 0 spiro atoms. The summed E-state index contributed by atoms with van der Waals surface area (Å²) in [6.45, 7) is 2.54. The highest BCUT2D eigenvalue weighted by Gasteiger charge is 2.35. The maximum Gasteiger partial charge on any atom is 0.254 e. The number of hydrogen-bond donors (Lipinski definition) is 0. The fourth-order valence-electron chi connectivity index (χ4n) is 3.27. The molecule has 0 N–H and O–H groups in total. The first-order valence-electron chi connectivity index (χ1n) is 8.98. The van der Waals surface area contributed by atoms with Crippen LogP contribution in [-0.4, -0.2) is 57.2 Å². The number of benzene rings is 2. The summed E-state index contributed by atoms with van der Waals surface area (Å²) in [5, 5.41) is 0. The molecular formula is C21H24N2O5. The fourth-order valence-corrected chi connectivity index (χ4v) is 3.27. The minimum atomic E-state index is -0.593. The Hall–Kier alpha value is -3.22. The van der Waals surface area contributed by atoms with Gasteiger partial charge in [0, 0.05) is 36.9 Å². The first kappa shape index (κ1) is 19.5. The second-order valence-corrected chi connectivity index (χ2v) is 6.47. The topological polar surface area (TPSA) is 68.3 Å². The van der Waals surface area contributed by atoms with E-state index in [2.05, 4.69) is 0 Å². The van der Waals surface area contributed by atoms with Crippen LogP contribution in [0.3, 0.4) is 0 Å². The van der Waals surface area contributed by atoms with E-state index in [0.29, 0.717) is 41.6 Å². The molecular weight excluding hydrogens is 360 g/mol. The lowest BCUT2D eigenvalue weighted by Crippen LogP contribution is -2.57. The highest BCUT2D eigenvalue weighted by molar-refractivity contribution is 6.03. The highest BCUT2D eigenvalue weighted by Crippen LogP contribution is 2.30. The maximum absolute atomic E-state index is 13.0. The van der Waals surface area contributed by atoms with E-state index in [4.69, 9.17) is 14.2 Å². The van der Waals surface area contributed by atoms with E-state index in [0.717, 1.165) is 0 Å². The van der Waals surface area contributed by atoms with Crippen molar-refractivity contribution in [3.05, 3.63) is 48.0 Å². The lowest BCUT2D eigenvalue weighted by atomic mass is 10.1. The highest BCUT2D eigenvalue weighted by atomic mass is 16.5. The van der Waals surface area contributed by atoms with Gasteiger partial charge in [0.1, 0.15) is 23.3 Å². The number of rotatable bonds is 5. The van der Waals surface area contributed by atoms with Gasteiger partial charge in [0.25, 0.3) is 5.91 Å². The third-order valence-electron chi connectivity index (χ3n) is 4.88. The monoisotopic (exact) mass is 384 g/mol. The van der Waals surface area contributed by atoms with Gasteiger partial charge in [-0.05, 0) is 25.1 Å². The van der Waals surface area contributed by atoms with Gasteiger partial charge in [0.15, 0.2) is 0 Å². The predicted octanol–water partition coefficient (Wildman–Crippen LogP) is 2.59. The summed E-state index contributed by atoms with van der Waals surface area (Å²) in [6.07, 6.45) is 0. The van der Waals surface area contributed by atoms with Gasteiger partial charge in [-0.2, -0.15) is 0 Å². The molecule has 1 heterocycles. The lowest BCUT2D eigenvalue weighted by molar-refractivity contribution is -0.124. The van der Waals surface area contributed by atoms with Gasteiger partial charge in [0.2, 0.25) is 5.91 Å². The van der Waals surface area contributed by atoms with E-state index in [1.165, 1.54) is 0 Å². The van der Waals surface area contributed by atoms with Crippen molar-refractivity contribution in [1.82, 2.24) is 4.90 Å². The Labute approximate surface area is 164 Å². The first-order chi connectivity index (χ1) is 13.5. The number of carbonyl (C=O) groups is 2. The molecule has 148 valence electrons. The largest absolute Gasteiger partial charge is 0.497 e. The standard InChI is InChI=1S/C21H24N2O5/c1-14-20(24)23(16-11-18(27-3)13-19(12-16)28-4)9-8-22(14)21(25)15-6-5-7-17(10-15)26-2/h5-7,10-14H,8-9H2,1-4H3. The van der Waals surface area contributed by atoms with Gasteiger partial charge < -0.3 is 24.0 Å². The van der Waals surface area contributed by atoms with Gasteiger partial charge in [-0.1, -0.05) is 6.07 Å². The molecule has 1 fully saturated rings. The molecule has 0 aliphatic carbocycles. The summed E-state index contributed by atoms with van der Waals surface area (Å²) < 4.78 is 15.8. The Balaban J connectivity index is 1.83. The molecule has 1 aliphatic heterocycles. The molecule has 1 atom stereocenters. The van der Waals surface area contributed by atoms with Gasteiger partial charge in [-0.25, -0.2) is 0 Å². The fraction of sp³-hybridized carbons (Fsp3) is 0.333. The van der Waals surface area contributed by atoms with Crippen LogP contribution in [0.2, 0.25) is 0 Å². The number of amides is 2. The summed E-state index contributed by atoms with van der Waals surface area (Å²) in [6, 6.07) is 11.7. The Kier molecular flexibility index (Phi) is 5.73. The molecule has 0 saturated carbocycles. The zero-order valence-corrected chi connectivity index (χ0v) is 16.5. The van der Waals surface area contributed by atoms with Crippen molar-refractivity contribution in [1.29, 1.82) is 0 Å². The van der Waals surface area contributed by atoms with Crippen LogP contribution in [-0.2, 0) is 4.79 Å². The molecule has 2 aromatic carbocycles. The van der Waals surface area contributed by atoms with E-state index in [-0.39, 0.29) is 11.8 Å². The molecule has 0 radical (unpaired) electrons. The van der Waals surface area contributed by atoms with E-state index < -0.39 is 6.04 Å². The third kappa shape index (κ3) is 3.74. The molecule has 1 aliphatic rings. The van der Waals surface area contributed by atoms with Crippen molar-refractivity contribution in [3.63, 3.8) is 0 Å². The number of ether oxygens (including phenoxy) is 3. The average molecular weight is 384 g/mol. The smallest absolute Gasteiger partial charge is 0.254 e. The number of carbonyl (C=O) groups excluding carboxylic acids is 2. The molecule has 0 bridgehead atoms. The van der Waals surface area contributed by atoms with Crippen molar-refractivity contribution >= 4 is 17.5 Å². The zero-order valence-electron chi connectivity index (χ0n) is 16.5. The number of methoxy groups -OCH3 is 3. The van der Waals surface area contributed by atoms with Crippen LogP contribution in [0.5, 0.6) is 17.2 Å². The zero-order chi connectivity index (χ0) is 20.3. The van der Waals surface area contributed by atoms with E-state index >= 15 is 0 Å². The number of piperazine rings is 1. The second kappa shape index (κ2) is 8.21. The maximum atomic E-state index is 13.0. The summed E-state index contributed by atoms with van der Waals surface area (Å²) in [5.74, 6) is 1.46.